The Balaban J connectivity index is 2.30. The lowest BCUT2D eigenvalue weighted by molar-refractivity contribution is 0.0283. The number of rotatable bonds is 4. The van der Waals surface area contributed by atoms with Crippen LogP contribution in [0, 0.1) is 0 Å². The van der Waals surface area contributed by atoms with Crippen molar-refractivity contribution in [3.63, 3.8) is 0 Å². The number of fused-ring (bicyclic) bond motifs is 1. The van der Waals surface area contributed by atoms with Gasteiger partial charge in [0.2, 0.25) is 0 Å². The van der Waals surface area contributed by atoms with Gasteiger partial charge in [-0.15, -0.1) is 0 Å². The number of hydrogen-bond acceptors (Lipinski definition) is 5. The normalized spacial score (nSPS) is 18.9. The van der Waals surface area contributed by atoms with Gasteiger partial charge in [-0.25, -0.2) is 4.79 Å². The first-order chi connectivity index (χ1) is 12.4. The molecule has 0 fully saturated rings. The molecule has 136 valence electrons. The molecule has 0 aliphatic carbocycles. The van der Waals surface area contributed by atoms with Crippen LogP contribution in [0.5, 0.6) is 5.75 Å². The van der Waals surface area contributed by atoms with Crippen LogP contribution < -0.4 is 10.3 Å². The average Bonchev–Trinajstić information content (AvgIpc) is 2.63. The number of esters is 1. The molecule has 0 radical (unpaired) electrons. The zero-order valence-electron chi connectivity index (χ0n) is 15.2. The molecule has 6 heteroatoms. The molecule has 1 aliphatic heterocycles. The van der Waals surface area contributed by atoms with Crippen LogP contribution in [0.25, 0.3) is 5.70 Å². The van der Waals surface area contributed by atoms with E-state index in [2.05, 4.69) is 0 Å². The Morgan fingerprint density at radius 1 is 1.23 bits per heavy atom. The second kappa shape index (κ2) is 6.80. The summed E-state index contributed by atoms with van der Waals surface area (Å²) in [5.41, 5.74) is 1.66. The molecule has 1 aliphatic rings. The molecule has 1 unspecified atom stereocenters. The van der Waals surface area contributed by atoms with Gasteiger partial charge in [0.25, 0.3) is 5.56 Å². The number of aromatic nitrogens is 1. The first-order valence-corrected chi connectivity index (χ1v) is 8.21. The molecule has 3 rings (SSSR count). The van der Waals surface area contributed by atoms with E-state index in [4.69, 9.17) is 14.2 Å². The molecule has 2 aromatic rings. The fourth-order valence-corrected chi connectivity index (χ4v) is 3.16. The number of nitrogens with zero attached hydrogens (tertiary/aromatic N) is 1. The molecule has 1 atom stereocenters. The van der Waals surface area contributed by atoms with Gasteiger partial charge in [0.15, 0.2) is 5.60 Å². The van der Waals surface area contributed by atoms with E-state index in [1.165, 1.54) is 13.2 Å². The number of carbonyl (C=O) groups is 1. The zero-order chi connectivity index (χ0) is 18.9. The monoisotopic (exact) mass is 355 g/mol. The third-order valence-corrected chi connectivity index (χ3v) is 4.62. The summed E-state index contributed by atoms with van der Waals surface area (Å²) >= 11 is 0. The molecule has 1 aromatic carbocycles. The maximum atomic E-state index is 12.5. The van der Waals surface area contributed by atoms with Gasteiger partial charge in [0, 0.05) is 24.9 Å². The van der Waals surface area contributed by atoms with Crippen LogP contribution in [0.2, 0.25) is 0 Å². The van der Waals surface area contributed by atoms with E-state index in [0.717, 1.165) is 5.57 Å². The predicted octanol–water partition coefficient (Wildman–Crippen LogP) is 2.71. The molecule has 0 saturated heterocycles. The van der Waals surface area contributed by atoms with E-state index in [1.807, 2.05) is 13.8 Å². The van der Waals surface area contributed by atoms with Crippen molar-refractivity contribution in [3.8, 4) is 5.75 Å². The first kappa shape index (κ1) is 17.9. The average molecular weight is 355 g/mol. The Morgan fingerprint density at radius 3 is 2.65 bits per heavy atom. The fourth-order valence-electron chi connectivity index (χ4n) is 3.16. The van der Waals surface area contributed by atoms with Crippen LogP contribution >= 0.6 is 0 Å². The first-order valence-electron chi connectivity index (χ1n) is 8.21. The second-order valence-corrected chi connectivity index (χ2v) is 6.35. The number of benzene rings is 1. The van der Waals surface area contributed by atoms with Gasteiger partial charge in [-0.2, -0.15) is 0 Å². The van der Waals surface area contributed by atoms with Crippen molar-refractivity contribution < 1.29 is 19.0 Å². The van der Waals surface area contributed by atoms with Gasteiger partial charge in [-0.1, -0.05) is 6.07 Å². The third-order valence-electron chi connectivity index (χ3n) is 4.62. The molecular weight excluding hydrogens is 334 g/mol. The highest BCUT2D eigenvalue weighted by atomic mass is 16.5. The van der Waals surface area contributed by atoms with E-state index in [0.29, 0.717) is 29.2 Å². The molecule has 2 heterocycles. The smallest absolute Gasteiger partial charge is 0.337 e. The van der Waals surface area contributed by atoms with Crippen LogP contribution in [0.15, 0.2) is 53.0 Å². The molecule has 6 nitrogen and oxygen atoms in total. The number of pyridine rings is 1. The Kier molecular flexibility index (Phi) is 4.70. The van der Waals surface area contributed by atoms with Gasteiger partial charge < -0.3 is 14.2 Å². The van der Waals surface area contributed by atoms with Gasteiger partial charge in [-0.3, -0.25) is 9.36 Å². The molecule has 1 aromatic heterocycles. The Morgan fingerprint density at radius 2 is 2.00 bits per heavy atom. The minimum atomic E-state index is -0.737. The summed E-state index contributed by atoms with van der Waals surface area (Å²) in [6.45, 7) is 4.14. The molecule has 0 bridgehead atoms. The predicted molar refractivity (Wildman–Crippen MR) is 97.4 cm³/mol. The van der Waals surface area contributed by atoms with Crippen molar-refractivity contribution in [1.82, 2.24) is 4.57 Å². The molecule has 26 heavy (non-hydrogen) atoms. The summed E-state index contributed by atoms with van der Waals surface area (Å²) < 4.78 is 17.9. The van der Waals surface area contributed by atoms with Crippen LogP contribution in [0.4, 0.5) is 0 Å². The van der Waals surface area contributed by atoms with Crippen LogP contribution in [-0.4, -0.2) is 37.0 Å². The third kappa shape index (κ3) is 2.93. The number of ether oxygens (including phenoxy) is 3. The topological polar surface area (TPSA) is 66.8 Å². The lowest BCUT2D eigenvalue weighted by Gasteiger charge is -2.38. The summed E-state index contributed by atoms with van der Waals surface area (Å²) in [5, 5.41) is 0. The van der Waals surface area contributed by atoms with Crippen LogP contribution in [0.1, 0.15) is 29.8 Å². The summed E-state index contributed by atoms with van der Waals surface area (Å²) in [5.74, 6) is 0.129. The highest BCUT2D eigenvalue weighted by Gasteiger charge is 2.38. The molecule has 0 N–H and O–H groups in total. The highest BCUT2D eigenvalue weighted by molar-refractivity contribution is 5.91. The molecule has 0 saturated carbocycles. The number of methoxy groups -OCH3 is 2. The van der Waals surface area contributed by atoms with Crippen molar-refractivity contribution in [2.45, 2.75) is 19.4 Å². The summed E-state index contributed by atoms with van der Waals surface area (Å²) in [6.07, 6.45) is 1.70. The number of hydrogen-bond donors (Lipinski definition) is 0. The van der Waals surface area contributed by atoms with Crippen molar-refractivity contribution in [2.75, 3.05) is 20.8 Å². The summed E-state index contributed by atoms with van der Waals surface area (Å²) in [7, 11) is 2.93. The van der Waals surface area contributed by atoms with Gasteiger partial charge >= 0.3 is 5.97 Å². The lowest BCUT2D eigenvalue weighted by Crippen LogP contribution is -2.43. The van der Waals surface area contributed by atoms with Gasteiger partial charge in [-0.05, 0) is 43.7 Å². The Hall–Kier alpha value is -2.86. The quantitative estimate of drug-likeness (QED) is 0.789. The standard InChI is InChI=1S/C20H21NO5/c1-13-18(21-10-6-5-7-17(21)22)15-11-14(19(23)25-4)8-9-16(15)26-20(13,2)12-24-3/h5-11H,12H2,1-4H3. The Bertz CT molecular complexity index is 943. The van der Waals surface area contributed by atoms with E-state index < -0.39 is 11.6 Å². The molecule has 0 spiro atoms. The maximum absolute atomic E-state index is 12.5. The lowest BCUT2D eigenvalue weighted by atomic mass is 9.89. The Labute approximate surface area is 151 Å². The van der Waals surface area contributed by atoms with Crippen LogP contribution in [0.3, 0.4) is 0 Å². The van der Waals surface area contributed by atoms with Gasteiger partial charge in [0.05, 0.1) is 25.0 Å². The summed E-state index contributed by atoms with van der Waals surface area (Å²) in [4.78, 5) is 24.4. The SMILES string of the molecule is COCC1(C)Oc2ccc(C(=O)OC)cc2C(n2ccccc2=O)=C1C. The van der Waals surface area contributed by atoms with Crippen molar-refractivity contribution in [2.24, 2.45) is 0 Å². The fraction of sp³-hybridized carbons (Fsp3) is 0.300. The summed E-state index contributed by atoms with van der Waals surface area (Å²) in [6, 6.07) is 10.0. The van der Waals surface area contributed by atoms with Crippen molar-refractivity contribution >= 4 is 11.7 Å². The largest absolute Gasteiger partial charge is 0.480 e. The second-order valence-electron chi connectivity index (χ2n) is 6.35. The highest BCUT2D eigenvalue weighted by Crippen LogP contribution is 2.41. The molecular formula is C20H21NO5. The van der Waals surface area contributed by atoms with Gasteiger partial charge in [0.1, 0.15) is 5.75 Å². The van der Waals surface area contributed by atoms with E-state index in [9.17, 15) is 9.59 Å². The minimum Gasteiger partial charge on any atom is -0.480 e. The minimum absolute atomic E-state index is 0.169. The maximum Gasteiger partial charge on any atom is 0.337 e. The zero-order valence-corrected chi connectivity index (χ0v) is 15.2. The van der Waals surface area contributed by atoms with Crippen molar-refractivity contribution in [3.05, 3.63) is 69.6 Å². The van der Waals surface area contributed by atoms with E-state index >= 15 is 0 Å². The number of carbonyl (C=O) groups excluding carboxylic acids is 1. The molecule has 0 amide bonds. The van der Waals surface area contributed by atoms with E-state index in [1.54, 1.807) is 48.2 Å². The van der Waals surface area contributed by atoms with Crippen molar-refractivity contribution in [1.29, 1.82) is 0 Å². The van der Waals surface area contributed by atoms with Crippen LogP contribution in [-0.2, 0) is 9.47 Å². The van der Waals surface area contributed by atoms with E-state index in [-0.39, 0.29) is 5.56 Å².